The van der Waals surface area contributed by atoms with Gasteiger partial charge in [0.05, 0.1) is 0 Å². The Morgan fingerprint density at radius 3 is 2.33 bits per heavy atom. The maximum atomic E-state index is 12.4. The Morgan fingerprint density at radius 2 is 1.89 bits per heavy atom. The predicted molar refractivity (Wildman–Crippen MR) is 70.0 cm³/mol. The third-order valence-electron chi connectivity index (χ3n) is 4.58. The first-order valence-electron chi connectivity index (χ1n) is 7.17. The number of nitrogens with one attached hydrogen (secondary N) is 1. The monoisotopic (exact) mass is 252 g/mol. The molecule has 1 heterocycles. The van der Waals surface area contributed by atoms with E-state index >= 15 is 0 Å². The van der Waals surface area contributed by atoms with E-state index in [-0.39, 0.29) is 23.9 Å². The van der Waals surface area contributed by atoms with E-state index in [1.165, 1.54) is 12.8 Å². The fourth-order valence-corrected chi connectivity index (χ4v) is 2.86. The van der Waals surface area contributed by atoms with Crippen molar-refractivity contribution in [2.24, 2.45) is 5.41 Å². The molecule has 4 nitrogen and oxygen atoms in total. The number of amides is 2. The topological polar surface area (TPSA) is 49.4 Å². The number of carbonyl (C=O) groups excluding carboxylic acids is 2. The van der Waals surface area contributed by atoms with Crippen LogP contribution >= 0.6 is 0 Å². The molecule has 0 radical (unpaired) electrons. The van der Waals surface area contributed by atoms with E-state index < -0.39 is 0 Å². The molecule has 18 heavy (non-hydrogen) atoms. The highest BCUT2D eigenvalue weighted by Crippen LogP contribution is 2.49. The molecule has 2 atom stereocenters. The Morgan fingerprint density at radius 1 is 1.22 bits per heavy atom. The number of piperazine rings is 1. The van der Waals surface area contributed by atoms with Crippen molar-refractivity contribution in [1.82, 2.24) is 10.2 Å². The second-order valence-electron chi connectivity index (χ2n) is 5.71. The number of hydrogen-bond donors (Lipinski definition) is 1. The number of carbonyl (C=O) groups is 2. The summed E-state index contributed by atoms with van der Waals surface area (Å²) < 4.78 is 0. The van der Waals surface area contributed by atoms with Gasteiger partial charge >= 0.3 is 0 Å². The van der Waals surface area contributed by atoms with E-state index in [1.807, 2.05) is 18.7 Å². The minimum atomic E-state index is -0.312. The lowest BCUT2D eigenvalue weighted by Crippen LogP contribution is -2.63. The van der Waals surface area contributed by atoms with Crippen LogP contribution in [0.4, 0.5) is 0 Å². The minimum Gasteiger partial charge on any atom is -0.343 e. The van der Waals surface area contributed by atoms with Gasteiger partial charge in [-0.2, -0.15) is 0 Å². The van der Waals surface area contributed by atoms with Crippen molar-refractivity contribution in [1.29, 1.82) is 0 Å². The number of rotatable bonds is 5. The standard InChI is InChI=1S/C14H24N2O2/c1-4-10-13(18)16(9-14(6-3)7-8-14)11(5-2)12(17)15-10/h10-11H,4-9H2,1-3H3,(H,15,17). The maximum absolute atomic E-state index is 12.4. The normalized spacial score (nSPS) is 30.3. The second-order valence-corrected chi connectivity index (χ2v) is 5.71. The summed E-state index contributed by atoms with van der Waals surface area (Å²) in [5.74, 6) is 0.138. The molecule has 0 aromatic heterocycles. The third kappa shape index (κ3) is 2.25. The van der Waals surface area contributed by atoms with Gasteiger partial charge in [0.2, 0.25) is 11.8 Å². The molecule has 102 valence electrons. The molecule has 0 spiro atoms. The molecule has 0 aromatic carbocycles. The first-order valence-corrected chi connectivity index (χ1v) is 7.17. The predicted octanol–water partition coefficient (Wildman–Crippen LogP) is 1.69. The lowest BCUT2D eigenvalue weighted by molar-refractivity contribution is -0.150. The second kappa shape index (κ2) is 4.90. The van der Waals surface area contributed by atoms with Gasteiger partial charge < -0.3 is 10.2 Å². The Balaban J connectivity index is 2.16. The summed E-state index contributed by atoms with van der Waals surface area (Å²) >= 11 is 0. The van der Waals surface area contributed by atoms with Crippen molar-refractivity contribution >= 4 is 11.8 Å². The van der Waals surface area contributed by atoms with Crippen molar-refractivity contribution in [3.8, 4) is 0 Å². The van der Waals surface area contributed by atoms with Gasteiger partial charge in [0, 0.05) is 6.54 Å². The summed E-state index contributed by atoms with van der Waals surface area (Å²) in [6.07, 6.45) is 4.88. The summed E-state index contributed by atoms with van der Waals surface area (Å²) in [6, 6.07) is -0.572. The van der Waals surface area contributed by atoms with Crippen molar-refractivity contribution in [2.75, 3.05) is 6.54 Å². The molecular weight excluding hydrogens is 228 g/mol. The molecule has 2 fully saturated rings. The lowest BCUT2D eigenvalue weighted by atomic mass is 9.97. The van der Waals surface area contributed by atoms with E-state index in [2.05, 4.69) is 12.2 Å². The van der Waals surface area contributed by atoms with Crippen LogP contribution < -0.4 is 5.32 Å². The fourth-order valence-electron chi connectivity index (χ4n) is 2.86. The van der Waals surface area contributed by atoms with Crippen LogP contribution in [0.15, 0.2) is 0 Å². The molecule has 4 heteroatoms. The van der Waals surface area contributed by atoms with E-state index in [1.54, 1.807) is 0 Å². The van der Waals surface area contributed by atoms with E-state index in [4.69, 9.17) is 0 Å². The van der Waals surface area contributed by atoms with Crippen molar-refractivity contribution < 1.29 is 9.59 Å². The van der Waals surface area contributed by atoms with Crippen LogP contribution in [0, 0.1) is 5.41 Å². The molecule has 1 saturated carbocycles. The summed E-state index contributed by atoms with van der Waals surface area (Å²) in [7, 11) is 0. The zero-order chi connectivity index (χ0) is 13.3. The zero-order valence-electron chi connectivity index (χ0n) is 11.7. The summed E-state index contributed by atoms with van der Waals surface area (Å²) in [6.45, 7) is 6.87. The van der Waals surface area contributed by atoms with Crippen molar-refractivity contribution in [2.45, 2.75) is 65.0 Å². The van der Waals surface area contributed by atoms with Crippen molar-refractivity contribution in [3.05, 3.63) is 0 Å². The summed E-state index contributed by atoms with van der Waals surface area (Å²) in [5.41, 5.74) is 0.305. The largest absolute Gasteiger partial charge is 0.343 e. The summed E-state index contributed by atoms with van der Waals surface area (Å²) in [5, 5.41) is 2.84. The average molecular weight is 252 g/mol. The molecule has 0 bridgehead atoms. The fraction of sp³-hybridized carbons (Fsp3) is 0.857. The SMILES string of the molecule is CCC1NC(=O)C(CC)N(CC2(CC)CC2)C1=O. The highest BCUT2D eigenvalue weighted by atomic mass is 16.2. The smallest absolute Gasteiger partial charge is 0.245 e. The van der Waals surface area contributed by atoms with Gasteiger partial charge in [-0.25, -0.2) is 0 Å². The van der Waals surface area contributed by atoms with Crippen LogP contribution in [-0.4, -0.2) is 35.3 Å². The van der Waals surface area contributed by atoms with Crippen LogP contribution in [-0.2, 0) is 9.59 Å². The molecule has 2 amide bonds. The van der Waals surface area contributed by atoms with Crippen LogP contribution in [0.25, 0.3) is 0 Å². The molecule has 2 unspecified atom stereocenters. The number of hydrogen-bond acceptors (Lipinski definition) is 2. The first kappa shape index (κ1) is 13.4. The quantitative estimate of drug-likeness (QED) is 0.809. The van der Waals surface area contributed by atoms with Crippen molar-refractivity contribution in [3.63, 3.8) is 0 Å². The Labute approximate surface area is 109 Å². The molecule has 1 saturated heterocycles. The van der Waals surface area contributed by atoms with Gasteiger partial charge in [-0.05, 0) is 37.5 Å². The Kier molecular flexibility index (Phi) is 3.64. The van der Waals surface area contributed by atoms with E-state index in [9.17, 15) is 9.59 Å². The highest BCUT2D eigenvalue weighted by Gasteiger charge is 2.47. The average Bonchev–Trinajstić information content (AvgIpc) is 3.14. The molecule has 1 aliphatic heterocycles. The molecule has 2 rings (SSSR count). The number of nitrogens with zero attached hydrogens (tertiary/aromatic N) is 1. The molecule has 0 aromatic rings. The maximum Gasteiger partial charge on any atom is 0.245 e. The molecule has 2 aliphatic rings. The molecular formula is C14H24N2O2. The first-order chi connectivity index (χ1) is 8.56. The van der Waals surface area contributed by atoms with E-state index in [0.717, 1.165) is 13.0 Å². The van der Waals surface area contributed by atoms with Gasteiger partial charge in [0.25, 0.3) is 0 Å². The Hall–Kier alpha value is -1.06. The van der Waals surface area contributed by atoms with Gasteiger partial charge in [-0.15, -0.1) is 0 Å². The molecule has 1 N–H and O–H groups in total. The minimum absolute atomic E-state index is 0.0239. The Bertz CT molecular complexity index is 350. The van der Waals surface area contributed by atoms with Gasteiger partial charge in [-0.1, -0.05) is 20.8 Å². The molecule has 1 aliphatic carbocycles. The van der Waals surface area contributed by atoms with Gasteiger partial charge in [-0.3, -0.25) is 9.59 Å². The van der Waals surface area contributed by atoms with Gasteiger partial charge in [0.1, 0.15) is 12.1 Å². The van der Waals surface area contributed by atoms with Crippen LogP contribution in [0.3, 0.4) is 0 Å². The zero-order valence-corrected chi connectivity index (χ0v) is 11.7. The summed E-state index contributed by atoms with van der Waals surface area (Å²) in [4.78, 5) is 26.3. The lowest BCUT2D eigenvalue weighted by Gasteiger charge is -2.40. The van der Waals surface area contributed by atoms with Gasteiger partial charge in [0.15, 0.2) is 0 Å². The highest BCUT2D eigenvalue weighted by molar-refractivity contribution is 5.96. The van der Waals surface area contributed by atoms with Crippen LogP contribution in [0.5, 0.6) is 0 Å². The third-order valence-corrected chi connectivity index (χ3v) is 4.58. The van der Waals surface area contributed by atoms with Crippen LogP contribution in [0.1, 0.15) is 52.9 Å². The van der Waals surface area contributed by atoms with E-state index in [0.29, 0.717) is 18.3 Å². The van der Waals surface area contributed by atoms with Crippen LogP contribution in [0.2, 0.25) is 0 Å².